The Morgan fingerprint density at radius 2 is 1.43 bits per heavy atom. The van der Waals surface area contributed by atoms with Crippen LogP contribution in [0.4, 0.5) is 0 Å². The third-order valence-corrected chi connectivity index (χ3v) is 7.19. The fraction of sp³-hybridized carbons (Fsp3) is 0.276. The van der Waals surface area contributed by atoms with Crippen LogP contribution in [-0.4, -0.2) is 64.1 Å². The van der Waals surface area contributed by atoms with Crippen molar-refractivity contribution in [2.45, 2.75) is 19.4 Å². The third kappa shape index (κ3) is 4.20. The Morgan fingerprint density at radius 3 is 2.20 bits per heavy atom. The molecule has 6 nitrogen and oxygen atoms in total. The van der Waals surface area contributed by atoms with Gasteiger partial charge in [0.05, 0.1) is 11.1 Å². The number of piperazine rings is 1. The minimum Gasteiger partial charge on any atom is -0.342 e. The number of H-pyrrole nitrogens is 1. The third-order valence-electron chi connectivity index (χ3n) is 7.19. The first-order valence-corrected chi connectivity index (χ1v) is 12.4. The van der Waals surface area contributed by atoms with Gasteiger partial charge in [0.15, 0.2) is 11.6 Å². The highest BCUT2D eigenvalue weighted by atomic mass is 16.1. The van der Waals surface area contributed by atoms with Gasteiger partial charge >= 0.3 is 0 Å². The van der Waals surface area contributed by atoms with E-state index in [0.717, 1.165) is 63.5 Å². The van der Waals surface area contributed by atoms with Gasteiger partial charge in [0, 0.05) is 55.8 Å². The second-order valence-electron chi connectivity index (χ2n) is 9.48. The number of fused-ring (bicyclic) bond motifs is 4. The highest BCUT2D eigenvalue weighted by Gasteiger charge is 2.32. The molecular formula is C29H28N4O2. The number of carbonyl (C=O) groups excluding carboxylic acids is 2. The first-order chi connectivity index (χ1) is 17.2. The van der Waals surface area contributed by atoms with E-state index in [2.05, 4.69) is 45.1 Å². The Morgan fingerprint density at radius 1 is 0.743 bits per heavy atom. The van der Waals surface area contributed by atoms with Gasteiger partial charge in [0.1, 0.15) is 11.3 Å². The number of rotatable bonds is 6. The Labute approximate surface area is 204 Å². The van der Waals surface area contributed by atoms with Gasteiger partial charge < -0.3 is 9.88 Å². The molecular weight excluding hydrogens is 436 g/mol. The molecule has 1 aliphatic heterocycles. The summed E-state index contributed by atoms with van der Waals surface area (Å²) in [5.41, 5.74) is 4.62. The van der Waals surface area contributed by atoms with Crippen molar-refractivity contribution in [2.24, 2.45) is 0 Å². The van der Waals surface area contributed by atoms with Crippen molar-refractivity contribution in [3.63, 3.8) is 0 Å². The predicted molar refractivity (Wildman–Crippen MR) is 136 cm³/mol. The van der Waals surface area contributed by atoms with Crippen molar-refractivity contribution in [1.29, 1.82) is 0 Å². The number of hydrogen-bond acceptors (Lipinski definition) is 5. The molecule has 6 rings (SSSR count). The number of nitrogens with zero attached hydrogens (tertiary/aromatic N) is 3. The zero-order valence-corrected chi connectivity index (χ0v) is 19.7. The van der Waals surface area contributed by atoms with Crippen molar-refractivity contribution in [1.82, 2.24) is 19.8 Å². The Bertz CT molecular complexity index is 1400. The number of aryl methyl sites for hydroxylation is 1. The summed E-state index contributed by atoms with van der Waals surface area (Å²) < 4.78 is 0. The van der Waals surface area contributed by atoms with Gasteiger partial charge in [0.2, 0.25) is 0 Å². The van der Waals surface area contributed by atoms with E-state index in [1.165, 1.54) is 5.56 Å². The van der Waals surface area contributed by atoms with E-state index < -0.39 is 0 Å². The first-order valence-electron chi connectivity index (χ1n) is 12.4. The molecule has 6 heteroatoms. The lowest BCUT2D eigenvalue weighted by atomic mass is 9.83. The largest absolute Gasteiger partial charge is 0.342 e. The van der Waals surface area contributed by atoms with Crippen LogP contribution in [0, 0.1) is 0 Å². The lowest BCUT2D eigenvalue weighted by Crippen LogP contribution is -2.46. The van der Waals surface area contributed by atoms with Crippen LogP contribution >= 0.6 is 0 Å². The smallest absolute Gasteiger partial charge is 0.196 e. The standard InChI is InChI=1S/C29H28N4O2/c34-28-21-9-4-5-10-22(21)29(35)26-23(28)12-13-24-27(26)31-25(30-24)11-6-14-32-15-17-33(18-16-32)19-20-7-2-1-3-8-20/h1-5,7-10,12-13H,6,11,14-19H2,(H,30,31). The summed E-state index contributed by atoms with van der Waals surface area (Å²) in [5, 5.41) is 0. The molecule has 176 valence electrons. The van der Waals surface area contributed by atoms with Gasteiger partial charge in [0.25, 0.3) is 0 Å². The zero-order chi connectivity index (χ0) is 23.8. The van der Waals surface area contributed by atoms with Gasteiger partial charge in [-0.1, -0.05) is 54.6 Å². The summed E-state index contributed by atoms with van der Waals surface area (Å²) in [4.78, 5) is 39.4. The molecule has 1 aromatic heterocycles. The molecule has 2 aliphatic rings. The quantitative estimate of drug-likeness (QED) is 0.410. The first kappa shape index (κ1) is 21.9. The number of aromatic amines is 1. The number of ketones is 2. The second kappa shape index (κ2) is 9.21. The van der Waals surface area contributed by atoms with Crippen molar-refractivity contribution in [3.8, 4) is 0 Å². The zero-order valence-electron chi connectivity index (χ0n) is 19.7. The Hall–Kier alpha value is -3.61. The molecule has 0 unspecified atom stereocenters. The molecule has 1 saturated heterocycles. The Kier molecular flexibility index (Phi) is 5.76. The van der Waals surface area contributed by atoms with E-state index in [0.29, 0.717) is 27.8 Å². The van der Waals surface area contributed by atoms with E-state index in [1.54, 1.807) is 30.3 Å². The van der Waals surface area contributed by atoms with E-state index >= 15 is 0 Å². The molecule has 1 fully saturated rings. The lowest BCUT2D eigenvalue weighted by Gasteiger charge is -2.34. The summed E-state index contributed by atoms with van der Waals surface area (Å²) in [6.07, 6.45) is 1.81. The van der Waals surface area contributed by atoms with Gasteiger partial charge in [-0.2, -0.15) is 0 Å². The number of benzene rings is 3. The molecule has 2 heterocycles. The van der Waals surface area contributed by atoms with Gasteiger partial charge in [-0.15, -0.1) is 0 Å². The van der Waals surface area contributed by atoms with Crippen molar-refractivity contribution < 1.29 is 9.59 Å². The molecule has 3 aromatic carbocycles. The monoisotopic (exact) mass is 464 g/mol. The molecule has 0 spiro atoms. The van der Waals surface area contributed by atoms with Crippen LogP contribution in [0.2, 0.25) is 0 Å². The molecule has 0 saturated carbocycles. The van der Waals surface area contributed by atoms with E-state index in [1.807, 2.05) is 6.07 Å². The summed E-state index contributed by atoms with van der Waals surface area (Å²) in [7, 11) is 0. The highest BCUT2D eigenvalue weighted by Crippen LogP contribution is 2.31. The van der Waals surface area contributed by atoms with Gasteiger partial charge in [-0.05, 0) is 30.7 Å². The molecule has 0 atom stereocenters. The van der Waals surface area contributed by atoms with Crippen LogP contribution in [-0.2, 0) is 13.0 Å². The summed E-state index contributed by atoms with van der Waals surface area (Å²) in [6, 6.07) is 21.3. The maximum Gasteiger partial charge on any atom is 0.196 e. The van der Waals surface area contributed by atoms with Crippen LogP contribution in [0.25, 0.3) is 11.0 Å². The average Bonchev–Trinajstić information content (AvgIpc) is 3.31. The van der Waals surface area contributed by atoms with E-state index in [9.17, 15) is 9.59 Å². The highest BCUT2D eigenvalue weighted by molar-refractivity contribution is 6.31. The van der Waals surface area contributed by atoms with E-state index in [-0.39, 0.29) is 11.6 Å². The van der Waals surface area contributed by atoms with Gasteiger partial charge in [-0.25, -0.2) is 4.98 Å². The number of carbonyl (C=O) groups is 2. The van der Waals surface area contributed by atoms with Crippen LogP contribution in [0.3, 0.4) is 0 Å². The topological polar surface area (TPSA) is 69.3 Å². The fourth-order valence-corrected chi connectivity index (χ4v) is 5.31. The lowest BCUT2D eigenvalue weighted by molar-refractivity contribution is 0.0980. The van der Waals surface area contributed by atoms with Crippen molar-refractivity contribution >= 4 is 22.6 Å². The van der Waals surface area contributed by atoms with Crippen molar-refractivity contribution in [3.05, 3.63) is 100 Å². The van der Waals surface area contributed by atoms with Crippen LogP contribution in [0.1, 0.15) is 49.7 Å². The fourth-order valence-electron chi connectivity index (χ4n) is 5.31. The van der Waals surface area contributed by atoms with Gasteiger partial charge in [-0.3, -0.25) is 14.5 Å². The normalized spacial score (nSPS) is 16.5. The Balaban J connectivity index is 1.09. The molecule has 35 heavy (non-hydrogen) atoms. The van der Waals surface area contributed by atoms with E-state index in [4.69, 9.17) is 4.98 Å². The summed E-state index contributed by atoms with van der Waals surface area (Å²) >= 11 is 0. The number of aromatic nitrogens is 2. The van der Waals surface area contributed by atoms with Crippen LogP contribution in [0.5, 0.6) is 0 Å². The molecule has 0 amide bonds. The van der Waals surface area contributed by atoms with Crippen LogP contribution in [0.15, 0.2) is 66.7 Å². The molecule has 1 aliphatic carbocycles. The summed E-state index contributed by atoms with van der Waals surface area (Å²) in [6.45, 7) is 6.38. The predicted octanol–water partition coefficient (Wildman–Crippen LogP) is 4.09. The minimum absolute atomic E-state index is 0.104. The molecule has 1 N–H and O–H groups in total. The molecule has 4 aromatic rings. The molecule has 0 bridgehead atoms. The number of nitrogens with one attached hydrogen (secondary N) is 1. The van der Waals surface area contributed by atoms with Crippen LogP contribution < -0.4 is 0 Å². The minimum atomic E-state index is -0.118. The maximum absolute atomic E-state index is 13.2. The maximum atomic E-state index is 13.2. The number of imidazole rings is 1. The number of hydrogen-bond donors (Lipinski definition) is 1. The van der Waals surface area contributed by atoms with Crippen molar-refractivity contribution in [2.75, 3.05) is 32.7 Å². The summed E-state index contributed by atoms with van der Waals surface area (Å²) in [5.74, 6) is 0.649. The molecule has 0 radical (unpaired) electrons. The average molecular weight is 465 g/mol. The SMILES string of the molecule is O=C1c2ccccc2C(=O)c2c1ccc1[nH]c(CCCN3CCN(Cc4ccccc4)CC3)nc21. The second-order valence-corrected chi connectivity index (χ2v) is 9.48.